The van der Waals surface area contributed by atoms with E-state index >= 15 is 0 Å². The van der Waals surface area contributed by atoms with Crippen LogP contribution in [0.1, 0.15) is 0 Å². The molecule has 0 bridgehead atoms. The summed E-state index contributed by atoms with van der Waals surface area (Å²) in [4.78, 5) is 9.56. The van der Waals surface area contributed by atoms with Gasteiger partial charge in [0.15, 0.2) is 0 Å². The molecule has 26 heavy (non-hydrogen) atoms. The van der Waals surface area contributed by atoms with Crippen molar-refractivity contribution >= 4 is 21.1 Å². The molecule has 11 nitrogen and oxygen atoms in total. The Morgan fingerprint density at radius 3 is 2.31 bits per heavy atom. The van der Waals surface area contributed by atoms with Crippen LogP contribution in [-0.4, -0.2) is 107 Å². The second kappa shape index (κ2) is 10.1. The van der Waals surface area contributed by atoms with Gasteiger partial charge in [0.2, 0.25) is 0 Å². The Labute approximate surface area is 153 Å². The van der Waals surface area contributed by atoms with E-state index in [1.165, 1.54) is 0 Å². The van der Waals surface area contributed by atoms with Crippen molar-refractivity contribution in [3.63, 3.8) is 0 Å². The molecule has 1 saturated heterocycles. The Balaban J connectivity index is 2.45. The molecule has 0 amide bonds. The maximum atomic E-state index is 11.9. The third kappa shape index (κ3) is 8.50. The van der Waals surface area contributed by atoms with E-state index in [9.17, 15) is 28.5 Å². The SMILES string of the molecule is C[As](C)(=O)CC1OC(OCC(O)CP(=O)(O)OCC(O)CO)C(O)C1O. The average molecular weight is 466 g/mol. The Hall–Kier alpha value is 0.228. The van der Waals surface area contributed by atoms with E-state index in [2.05, 4.69) is 4.52 Å². The molecule has 6 N–H and O–H groups in total. The molecule has 1 rings (SSSR count). The van der Waals surface area contributed by atoms with E-state index in [1.807, 2.05) is 0 Å². The van der Waals surface area contributed by atoms with Crippen LogP contribution in [0.3, 0.4) is 0 Å². The van der Waals surface area contributed by atoms with Crippen LogP contribution < -0.4 is 0 Å². The van der Waals surface area contributed by atoms with E-state index in [0.29, 0.717) is 0 Å². The number of aliphatic hydroxyl groups excluding tert-OH is 5. The second-order valence-electron chi connectivity index (χ2n) is 6.72. The molecule has 7 atom stereocenters. The number of aliphatic hydroxyl groups is 5. The molecule has 1 fully saturated rings. The number of hydrogen-bond acceptors (Lipinski definition) is 10. The molecule has 0 aromatic carbocycles. The molecule has 156 valence electrons. The summed E-state index contributed by atoms with van der Waals surface area (Å²) < 4.78 is 38.7. The molecular formula is C13H28AsO11P. The van der Waals surface area contributed by atoms with E-state index in [1.54, 1.807) is 11.4 Å². The second-order valence-corrected chi connectivity index (χ2v) is 16.0. The van der Waals surface area contributed by atoms with Crippen molar-refractivity contribution in [3.8, 4) is 0 Å². The van der Waals surface area contributed by atoms with Crippen LogP contribution in [0.2, 0.25) is 16.6 Å². The van der Waals surface area contributed by atoms with Gasteiger partial charge in [0.1, 0.15) is 0 Å². The molecule has 1 aliphatic heterocycles. The van der Waals surface area contributed by atoms with Crippen LogP contribution in [0.4, 0.5) is 0 Å². The molecule has 0 spiro atoms. The fourth-order valence-electron chi connectivity index (χ4n) is 2.27. The van der Waals surface area contributed by atoms with Crippen LogP contribution in [-0.2, 0) is 22.3 Å². The molecule has 0 aliphatic carbocycles. The van der Waals surface area contributed by atoms with Gasteiger partial charge in [-0.15, -0.1) is 0 Å². The van der Waals surface area contributed by atoms with Crippen molar-refractivity contribution in [1.82, 2.24) is 0 Å². The standard InChI is InChI=1S/C13H28AsO11P/c1-14(2,20)3-10-11(18)12(19)13(25-10)23-5-9(17)7-26(21,22)24-6-8(16)4-15/h8-13,15-19H,3-7H2,1-2H3,(H,21,22). The number of hydrogen-bond donors (Lipinski definition) is 6. The summed E-state index contributed by atoms with van der Waals surface area (Å²) >= 11 is -3.13. The van der Waals surface area contributed by atoms with Gasteiger partial charge < -0.3 is 10.2 Å². The quantitative estimate of drug-likeness (QED) is 0.146. The van der Waals surface area contributed by atoms with E-state index < -0.39 is 83.9 Å². The third-order valence-corrected chi connectivity index (χ3v) is 7.55. The maximum absolute atomic E-state index is 11.9. The molecular weight excluding hydrogens is 438 g/mol. The first-order valence-electron chi connectivity index (χ1n) is 7.95. The number of rotatable bonds is 11. The van der Waals surface area contributed by atoms with Gasteiger partial charge in [0.05, 0.1) is 6.61 Å². The first-order valence-corrected chi connectivity index (χ1v) is 15.6. The Morgan fingerprint density at radius 1 is 1.15 bits per heavy atom. The molecule has 0 radical (unpaired) electrons. The van der Waals surface area contributed by atoms with E-state index in [0.717, 1.165) is 0 Å². The Morgan fingerprint density at radius 2 is 1.77 bits per heavy atom. The van der Waals surface area contributed by atoms with Crippen molar-refractivity contribution < 1.29 is 52.7 Å². The first-order chi connectivity index (χ1) is 11.8. The van der Waals surface area contributed by atoms with E-state index in [-0.39, 0.29) is 5.21 Å². The zero-order valence-corrected chi connectivity index (χ0v) is 17.4. The summed E-state index contributed by atoms with van der Waals surface area (Å²) in [5.74, 6) is 0. The molecule has 0 aromatic rings. The Bertz CT molecular complexity index is 526. The first kappa shape index (κ1) is 24.3. The van der Waals surface area contributed by atoms with Gasteiger partial charge in [-0.25, -0.2) is 0 Å². The zero-order chi connectivity index (χ0) is 20.1. The van der Waals surface area contributed by atoms with Crippen molar-refractivity contribution in [2.24, 2.45) is 0 Å². The zero-order valence-electron chi connectivity index (χ0n) is 14.6. The predicted octanol–water partition coefficient (Wildman–Crippen LogP) is -2.00. The monoisotopic (exact) mass is 466 g/mol. The fraction of sp³-hybridized carbons (Fsp3) is 1.00. The van der Waals surface area contributed by atoms with Gasteiger partial charge in [-0.05, 0) is 0 Å². The average Bonchev–Trinajstić information content (AvgIpc) is 2.76. The normalized spacial score (nSPS) is 31.5. The Kier molecular flexibility index (Phi) is 9.46. The van der Waals surface area contributed by atoms with Crippen molar-refractivity contribution in [3.05, 3.63) is 0 Å². The molecule has 0 saturated carbocycles. The van der Waals surface area contributed by atoms with Crippen LogP contribution in [0.15, 0.2) is 0 Å². The minimum absolute atomic E-state index is 0.103. The molecule has 1 heterocycles. The summed E-state index contributed by atoms with van der Waals surface area (Å²) in [5, 5.41) is 47.4. The topological polar surface area (TPSA) is 183 Å². The van der Waals surface area contributed by atoms with Crippen LogP contribution in [0.25, 0.3) is 0 Å². The third-order valence-electron chi connectivity index (χ3n) is 3.51. The van der Waals surface area contributed by atoms with Gasteiger partial charge >= 0.3 is 136 Å². The fourth-order valence-corrected chi connectivity index (χ4v) is 5.87. The minimum atomic E-state index is -4.23. The van der Waals surface area contributed by atoms with Gasteiger partial charge in [-0.2, -0.15) is 0 Å². The van der Waals surface area contributed by atoms with Crippen LogP contribution >= 0.6 is 7.60 Å². The summed E-state index contributed by atoms with van der Waals surface area (Å²) in [5.41, 5.74) is 3.15. The molecule has 7 unspecified atom stereocenters. The van der Waals surface area contributed by atoms with Gasteiger partial charge in [0.25, 0.3) is 0 Å². The van der Waals surface area contributed by atoms with Gasteiger partial charge in [-0.3, -0.25) is 0 Å². The molecule has 1 aliphatic rings. The summed E-state index contributed by atoms with van der Waals surface area (Å²) in [6.07, 6.45) is -8.32. The molecule has 13 heteroatoms. The molecule has 0 aromatic heterocycles. The van der Waals surface area contributed by atoms with E-state index in [4.69, 9.17) is 19.7 Å². The summed E-state index contributed by atoms with van der Waals surface area (Å²) in [6, 6.07) is 0. The summed E-state index contributed by atoms with van der Waals surface area (Å²) in [7, 11) is -4.23. The summed E-state index contributed by atoms with van der Waals surface area (Å²) in [6.45, 7) is -1.71. The number of ether oxygens (including phenoxy) is 2. The van der Waals surface area contributed by atoms with Crippen molar-refractivity contribution in [1.29, 1.82) is 0 Å². The van der Waals surface area contributed by atoms with Crippen molar-refractivity contribution in [2.45, 2.75) is 53.4 Å². The van der Waals surface area contributed by atoms with Crippen LogP contribution in [0.5, 0.6) is 0 Å². The predicted molar refractivity (Wildman–Crippen MR) is 89.3 cm³/mol. The van der Waals surface area contributed by atoms with Gasteiger partial charge in [-0.1, -0.05) is 0 Å². The van der Waals surface area contributed by atoms with Crippen LogP contribution in [0, 0.1) is 0 Å². The van der Waals surface area contributed by atoms with Crippen molar-refractivity contribution in [2.75, 3.05) is 26.0 Å². The van der Waals surface area contributed by atoms with Gasteiger partial charge in [0, 0.05) is 0 Å².